The van der Waals surface area contributed by atoms with Gasteiger partial charge in [0.05, 0.1) is 0 Å². The lowest BCUT2D eigenvalue weighted by molar-refractivity contribution is 0.296. The van der Waals surface area contributed by atoms with Crippen LogP contribution in [0.4, 0.5) is 5.69 Å². The standard InChI is InChI=1S/C9H8BrN3O3S/c1-6-9(12-16-11-6)17(14,15)13-8-4-2-7(10)3-5-8/h2-5,13H,1H3. The average Bonchev–Trinajstić information content (AvgIpc) is 2.68. The molecule has 2 aromatic rings. The predicted molar refractivity (Wildman–Crippen MR) is 64.0 cm³/mol. The molecule has 0 aliphatic rings. The number of anilines is 1. The first kappa shape index (κ1) is 12.1. The van der Waals surface area contributed by atoms with Crippen LogP contribution in [0.25, 0.3) is 0 Å². The van der Waals surface area contributed by atoms with Gasteiger partial charge in [0.25, 0.3) is 10.0 Å². The first-order valence-electron chi connectivity index (χ1n) is 4.56. The van der Waals surface area contributed by atoms with E-state index in [1.165, 1.54) is 6.92 Å². The van der Waals surface area contributed by atoms with Crippen LogP contribution in [-0.4, -0.2) is 18.7 Å². The normalized spacial score (nSPS) is 11.4. The third kappa shape index (κ3) is 2.64. The van der Waals surface area contributed by atoms with Gasteiger partial charge in [0, 0.05) is 10.2 Å². The van der Waals surface area contributed by atoms with Crippen molar-refractivity contribution in [1.82, 2.24) is 10.3 Å². The third-order valence-corrected chi connectivity index (χ3v) is 3.87. The van der Waals surface area contributed by atoms with Gasteiger partial charge in [0.1, 0.15) is 5.69 Å². The summed E-state index contributed by atoms with van der Waals surface area (Å²) in [5.41, 5.74) is 0.658. The molecule has 1 aromatic heterocycles. The molecule has 90 valence electrons. The number of halogens is 1. The van der Waals surface area contributed by atoms with E-state index in [0.717, 1.165) is 4.47 Å². The number of nitrogens with zero attached hydrogens (tertiary/aromatic N) is 2. The lowest BCUT2D eigenvalue weighted by Gasteiger charge is -2.05. The fraction of sp³-hybridized carbons (Fsp3) is 0.111. The molecule has 0 amide bonds. The highest BCUT2D eigenvalue weighted by molar-refractivity contribution is 9.10. The number of benzene rings is 1. The molecule has 6 nitrogen and oxygen atoms in total. The number of rotatable bonds is 3. The summed E-state index contributed by atoms with van der Waals surface area (Å²) < 4.78 is 31.4. The van der Waals surface area contributed by atoms with Gasteiger partial charge in [-0.15, -0.1) is 0 Å². The number of nitrogens with one attached hydrogen (secondary N) is 1. The Morgan fingerprint density at radius 1 is 1.24 bits per heavy atom. The van der Waals surface area contributed by atoms with Crippen molar-refractivity contribution < 1.29 is 13.0 Å². The van der Waals surface area contributed by atoms with E-state index in [9.17, 15) is 8.42 Å². The predicted octanol–water partition coefficient (Wildman–Crippen LogP) is 1.94. The molecule has 0 atom stereocenters. The Bertz CT molecular complexity index is 621. The van der Waals surface area contributed by atoms with Crippen molar-refractivity contribution in [3.05, 3.63) is 34.4 Å². The summed E-state index contributed by atoms with van der Waals surface area (Å²) in [5.74, 6) is 0. The summed E-state index contributed by atoms with van der Waals surface area (Å²) >= 11 is 3.26. The van der Waals surface area contributed by atoms with Crippen LogP contribution in [0.15, 0.2) is 38.4 Å². The maximum Gasteiger partial charge on any atom is 0.284 e. The maximum absolute atomic E-state index is 11.9. The van der Waals surface area contributed by atoms with Gasteiger partial charge in [-0.1, -0.05) is 21.1 Å². The number of sulfonamides is 1. The van der Waals surface area contributed by atoms with Crippen molar-refractivity contribution in [2.24, 2.45) is 0 Å². The second-order valence-electron chi connectivity index (χ2n) is 3.27. The molecule has 1 aromatic carbocycles. The number of aryl methyl sites for hydroxylation is 1. The molecule has 0 saturated carbocycles. The molecule has 2 rings (SSSR count). The summed E-state index contributed by atoms with van der Waals surface area (Å²) in [5, 5.41) is 6.57. The smallest absolute Gasteiger partial charge is 0.278 e. The first-order chi connectivity index (χ1) is 7.99. The molecular formula is C9H8BrN3O3S. The van der Waals surface area contributed by atoms with E-state index in [-0.39, 0.29) is 10.7 Å². The first-order valence-corrected chi connectivity index (χ1v) is 6.84. The Morgan fingerprint density at radius 3 is 2.41 bits per heavy atom. The second-order valence-corrected chi connectivity index (χ2v) is 5.78. The Kier molecular flexibility index (Phi) is 3.16. The topological polar surface area (TPSA) is 85.1 Å². The van der Waals surface area contributed by atoms with Crippen molar-refractivity contribution in [3.63, 3.8) is 0 Å². The molecule has 0 aliphatic heterocycles. The minimum atomic E-state index is -3.75. The van der Waals surface area contributed by atoms with Crippen LogP contribution < -0.4 is 4.72 Å². The van der Waals surface area contributed by atoms with E-state index in [0.29, 0.717) is 5.69 Å². The molecule has 0 aliphatic carbocycles. The van der Waals surface area contributed by atoms with Gasteiger partial charge in [0.15, 0.2) is 0 Å². The quantitative estimate of drug-likeness (QED) is 0.935. The Hall–Kier alpha value is -1.41. The second kappa shape index (κ2) is 4.46. The Balaban J connectivity index is 2.30. The molecular weight excluding hydrogens is 310 g/mol. The van der Waals surface area contributed by atoms with Crippen LogP contribution in [-0.2, 0) is 10.0 Å². The molecule has 0 saturated heterocycles. The monoisotopic (exact) mass is 317 g/mol. The van der Waals surface area contributed by atoms with Gasteiger partial charge in [-0.05, 0) is 36.3 Å². The van der Waals surface area contributed by atoms with Crippen LogP contribution in [0.2, 0.25) is 0 Å². The van der Waals surface area contributed by atoms with E-state index in [4.69, 9.17) is 0 Å². The molecule has 0 bridgehead atoms. The van der Waals surface area contributed by atoms with E-state index < -0.39 is 10.0 Å². The Morgan fingerprint density at radius 2 is 1.88 bits per heavy atom. The van der Waals surface area contributed by atoms with Crippen molar-refractivity contribution in [2.75, 3.05) is 4.72 Å². The summed E-state index contributed by atoms with van der Waals surface area (Å²) in [6.45, 7) is 1.51. The van der Waals surface area contributed by atoms with E-state index in [1.54, 1.807) is 24.3 Å². The van der Waals surface area contributed by atoms with Crippen molar-refractivity contribution in [1.29, 1.82) is 0 Å². The van der Waals surface area contributed by atoms with E-state index >= 15 is 0 Å². The summed E-state index contributed by atoms with van der Waals surface area (Å²) in [6, 6.07) is 6.71. The third-order valence-electron chi connectivity index (χ3n) is 1.96. The zero-order valence-electron chi connectivity index (χ0n) is 8.71. The maximum atomic E-state index is 11.9. The lowest BCUT2D eigenvalue weighted by atomic mass is 10.3. The van der Waals surface area contributed by atoms with Gasteiger partial charge in [-0.2, -0.15) is 8.42 Å². The van der Waals surface area contributed by atoms with Gasteiger partial charge < -0.3 is 0 Å². The highest BCUT2D eigenvalue weighted by Crippen LogP contribution is 2.18. The zero-order valence-corrected chi connectivity index (χ0v) is 11.1. The molecule has 0 unspecified atom stereocenters. The van der Waals surface area contributed by atoms with E-state index in [1.807, 2.05) is 0 Å². The summed E-state index contributed by atoms with van der Waals surface area (Å²) in [7, 11) is -3.75. The molecule has 0 fully saturated rings. The number of hydrogen-bond donors (Lipinski definition) is 1. The highest BCUT2D eigenvalue weighted by atomic mass is 79.9. The number of aromatic nitrogens is 2. The minimum Gasteiger partial charge on any atom is -0.278 e. The molecule has 8 heteroatoms. The molecule has 17 heavy (non-hydrogen) atoms. The summed E-state index contributed by atoms with van der Waals surface area (Å²) in [6.07, 6.45) is 0. The van der Waals surface area contributed by atoms with Crippen molar-refractivity contribution in [3.8, 4) is 0 Å². The van der Waals surface area contributed by atoms with Gasteiger partial charge in [-0.25, -0.2) is 4.63 Å². The van der Waals surface area contributed by atoms with Gasteiger partial charge in [0.2, 0.25) is 5.03 Å². The SMILES string of the molecule is Cc1nonc1S(=O)(=O)Nc1ccc(Br)cc1. The number of hydrogen-bond acceptors (Lipinski definition) is 5. The highest BCUT2D eigenvalue weighted by Gasteiger charge is 2.22. The zero-order chi connectivity index (χ0) is 12.5. The van der Waals surface area contributed by atoms with Crippen LogP contribution in [0, 0.1) is 6.92 Å². The fourth-order valence-electron chi connectivity index (χ4n) is 1.19. The van der Waals surface area contributed by atoms with Crippen LogP contribution in [0.5, 0.6) is 0 Å². The lowest BCUT2D eigenvalue weighted by Crippen LogP contribution is -2.14. The van der Waals surface area contributed by atoms with Crippen LogP contribution in [0.3, 0.4) is 0 Å². The fourth-order valence-corrected chi connectivity index (χ4v) is 2.55. The largest absolute Gasteiger partial charge is 0.284 e. The van der Waals surface area contributed by atoms with Crippen molar-refractivity contribution in [2.45, 2.75) is 11.9 Å². The van der Waals surface area contributed by atoms with Crippen LogP contribution in [0.1, 0.15) is 5.69 Å². The molecule has 0 spiro atoms. The van der Waals surface area contributed by atoms with Crippen LogP contribution >= 0.6 is 15.9 Å². The van der Waals surface area contributed by atoms with Crippen molar-refractivity contribution >= 4 is 31.6 Å². The summed E-state index contributed by atoms with van der Waals surface area (Å²) in [4.78, 5) is 0. The van der Waals surface area contributed by atoms with E-state index in [2.05, 4.69) is 35.6 Å². The average molecular weight is 318 g/mol. The molecule has 1 heterocycles. The molecule has 0 radical (unpaired) electrons. The Labute approximate surface area is 106 Å². The molecule has 1 N–H and O–H groups in total. The van der Waals surface area contributed by atoms with Gasteiger partial charge >= 0.3 is 0 Å². The minimum absolute atomic E-state index is 0.208. The van der Waals surface area contributed by atoms with Gasteiger partial charge in [-0.3, -0.25) is 4.72 Å².